The van der Waals surface area contributed by atoms with Gasteiger partial charge in [0.25, 0.3) is 0 Å². The number of anilines is 1. The molecular formula is C26H32N2O5. The second-order valence-electron chi connectivity index (χ2n) is 8.18. The summed E-state index contributed by atoms with van der Waals surface area (Å²) in [4.78, 5) is 17.5. The van der Waals surface area contributed by atoms with Crippen molar-refractivity contribution in [3.8, 4) is 17.2 Å². The number of hydrogen-bond acceptors (Lipinski definition) is 7. The number of aryl methyl sites for hydroxylation is 1. The van der Waals surface area contributed by atoms with E-state index in [2.05, 4.69) is 21.9 Å². The summed E-state index contributed by atoms with van der Waals surface area (Å²) in [6.07, 6.45) is 0.634. The van der Waals surface area contributed by atoms with Crippen molar-refractivity contribution in [1.29, 1.82) is 0 Å². The van der Waals surface area contributed by atoms with E-state index in [4.69, 9.17) is 18.6 Å². The molecule has 7 heteroatoms. The summed E-state index contributed by atoms with van der Waals surface area (Å²) in [7, 11) is 3.19. The van der Waals surface area contributed by atoms with E-state index in [0.717, 1.165) is 55.1 Å². The maximum Gasteiger partial charge on any atom is 0.339 e. The molecular weight excluding hydrogens is 420 g/mol. The van der Waals surface area contributed by atoms with Crippen LogP contribution in [0.4, 0.5) is 5.69 Å². The first-order valence-corrected chi connectivity index (χ1v) is 11.4. The van der Waals surface area contributed by atoms with E-state index >= 15 is 0 Å². The Morgan fingerprint density at radius 3 is 2.45 bits per heavy atom. The molecule has 33 heavy (non-hydrogen) atoms. The van der Waals surface area contributed by atoms with Gasteiger partial charge in [0.15, 0.2) is 0 Å². The minimum Gasteiger partial charge on any atom is -0.496 e. The first-order chi connectivity index (χ1) is 16.0. The number of ether oxygens (including phenoxy) is 3. The number of hydrogen-bond donors (Lipinski definition) is 0. The Balaban J connectivity index is 1.46. The molecule has 0 bridgehead atoms. The molecule has 4 rings (SSSR count). The van der Waals surface area contributed by atoms with Crippen molar-refractivity contribution in [3.63, 3.8) is 0 Å². The Kier molecular flexibility index (Phi) is 7.08. The van der Waals surface area contributed by atoms with E-state index in [1.807, 2.05) is 32.0 Å². The topological polar surface area (TPSA) is 64.4 Å². The van der Waals surface area contributed by atoms with Gasteiger partial charge in [0.2, 0.25) is 0 Å². The monoisotopic (exact) mass is 452 g/mol. The van der Waals surface area contributed by atoms with Crippen LogP contribution in [0.2, 0.25) is 0 Å². The maximum atomic E-state index is 12.8. The highest BCUT2D eigenvalue weighted by atomic mass is 16.5. The van der Waals surface area contributed by atoms with Crippen LogP contribution in [0.15, 0.2) is 45.6 Å². The third kappa shape index (κ3) is 4.78. The van der Waals surface area contributed by atoms with Crippen molar-refractivity contribution >= 4 is 16.7 Å². The molecule has 2 heterocycles. The first-order valence-electron chi connectivity index (χ1n) is 11.4. The second kappa shape index (κ2) is 10.2. The molecule has 0 atom stereocenters. The molecule has 0 amide bonds. The fourth-order valence-electron chi connectivity index (χ4n) is 4.53. The maximum absolute atomic E-state index is 12.8. The van der Waals surface area contributed by atoms with E-state index in [9.17, 15) is 4.79 Å². The highest BCUT2D eigenvalue weighted by Gasteiger charge is 2.21. The van der Waals surface area contributed by atoms with Gasteiger partial charge < -0.3 is 23.5 Å². The molecule has 1 aromatic heterocycles. The summed E-state index contributed by atoms with van der Waals surface area (Å²) in [5, 5.41) is 0.824. The molecule has 2 aromatic carbocycles. The van der Waals surface area contributed by atoms with Crippen LogP contribution >= 0.6 is 0 Å². The normalized spacial score (nSPS) is 14.5. The average Bonchev–Trinajstić information content (AvgIpc) is 2.84. The van der Waals surface area contributed by atoms with E-state index < -0.39 is 0 Å². The standard InChI is InChI=1S/C26H32N2O5/c1-5-32-22-9-7-6-8-21(22)28-14-12-27(13-15-28)11-10-20-18(2)25-23(31-4)16-19(30-3)17-24(25)33-26(20)29/h6-9,16-17H,5,10-15H2,1-4H3. The van der Waals surface area contributed by atoms with E-state index in [1.165, 1.54) is 0 Å². The number of para-hydroxylation sites is 2. The van der Waals surface area contributed by atoms with Gasteiger partial charge in [-0.25, -0.2) is 4.79 Å². The number of nitrogens with zero attached hydrogens (tertiary/aromatic N) is 2. The molecule has 1 aliphatic heterocycles. The van der Waals surface area contributed by atoms with Crippen LogP contribution in [-0.4, -0.2) is 58.5 Å². The zero-order valence-electron chi connectivity index (χ0n) is 19.8. The van der Waals surface area contributed by atoms with Gasteiger partial charge in [-0.05, 0) is 38.0 Å². The molecule has 0 radical (unpaired) electrons. The van der Waals surface area contributed by atoms with Crippen molar-refractivity contribution < 1.29 is 18.6 Å². The van der Waals surface area contributed by atoms with Crippen LogP contribution in [0.1, 0.15) is 18.1 Å². The van der Waals surface area contributed by atoms with Crippen LogP contribution in [-0.2, 0) is 6.42 Å². The Morgan fingerprint density at radius 2 is 1.76 bits per heavy atom. The molecule has 0 unspecified atom stereocenters. The van der Waals surface area contributed by atoms with Gasteiger partial charge in [0.1, 0.15) is 22.8 Å². The summed E-state index contributed by atoms with van der Waals surface area (Å²) in [5.74, 6) is 2.18. The fraction of sp³-hybridized carbons (Fsp3) is 0.423. The molecule has 0 saturated carbocycles. The second-order valence-corrected chi connectivity index (χ2v) is 8.18. The van der Waals surface area contributed by atoms with Gasteiger partial charge >= 0.3 is 5.63 Å². The van der Waals surface area contributed by atoms with Crippen molar-refractivity contribution in [2.75, 3.05) is 58.5 Å². The molecule has 0 aliphatic carbocycles. The molecule has 0 spiro atoms. The van der Waals surface area contributed by atoms with E-state index in [0.29, 0.717) is 35.7 Å². The zero-order chi connectivity index (χ0) is 23.4. The minimum atomic E-state index is -0.292. The zero-order valence-corrected chi connectivity index (χ0v) is 19.8. The van der Waals surface area contributed by atoms with Gasteiger partial charge in [-0.3, -0.25) is 4.90 Å². The molecule has 7 nitrogen and oxygen atoms in total. The lowest BCUT2D eigenvalue weighted by molar-refractivity contribution is 0.258. The summed E-state index contributed by atoms with van der Waals surface area (Å²) in [6.45, 7) is 9.13. The molecule has 1 saturated heterocycles. The van der Waals surface area contributed by atoms with Gasteiger partial charge in [0, 0.05) is 50.4 Å². The van der Waals surface area contributed by atoms with Crippen LogP contribution in [0.3, 0.4) is 0 Å². The third-order valence-electron chi connectivity index (χ3n) is 6.33. The van der Waals surface area contributed by atoms with E-state index in [-0.39, 0.29) is 5.63 Å². The lowest BCUT2D eigenvalue weighted by Crippen LogP contribution is -2.47. The number of fused-ring (bicyclic) bond motifs is 1. The molecule has 3 aromatic rings. The molecule has 1 fully saturated rings. The Hall–Kier alpha value is -3.19. The summed E-state index contributed by atoms with van der Waals surface area (Å²) >= 11 is 0. The highest BCUT2D eigenvalue weighted by Crippen LogP contribution is 2.34. The Bertz CT molecular complexity index is 1170. The van der Waals surface area contributed by atoms with Crippen LogP contribution in [0.25, 0.3) is 11.0 Å². The lowest BCUT2D eigenvalue weighted by Gasteiger charge is -2.36. The number of benzene rings is 2. The predicted molar refractivity (Wildman–Crippen MR) is 130 cm³/mol. The van der Waals surface area contributed by atoms with E-state index in [1.54, 1.807) is 20.3 Å². The quantitative estimate of drug-likeness (QED) is 0.481. The lowest BCUT2D eigenvalue weighted by atomic mass is 10.0. The van der Waals surface area contributed by atoms with Crippen molar-refractivity contribution in [3.05, 3.63) is 57.9 Å². The van der Waals surface area contributed by atoms with Crippen LogP contribution < -0.4 is 24.7 Å². The number of rotatable bonds is 8. The fourth-order valence-corrected chi connectivity index (χ4v) is 4.53. The number of methoxy groups -OCH3 is 2. The summed E-state index contributed by atoms with van der Waals surface area (Å²) in [5.41, 5.74) is 2.95. The molecule has 176 valence electrons. The van der Waals surface area contributed by atoms with Gasteiger partial charge in [-0.15, -0.1) is 0 Å². The molecule has 1 aliphatic rings. The van der Waals surface area contributed by atoms with Gasteiger partial charge in [-0.1, -0.05) is 12.1 Å². The average molecular weight is 453 g/mol. The van der Waals surface area contributed by atoms with Crippen molar-refractivity contribution in [1.82, 2.24) is 4.90 Å². The SMILES string of the molecule is CCOc1ccccc1N1CCN(CCc2c(C)c3c(OC)cc(OC)cc3oc2=O)CC1. The summed E-state index contributed by atoms with van der Waals surface area (Å²) in [6, 6.07) is 11.8. The van der Waals surface area contributed by atoms with Crippen molar-refractivity contribution in [2.24, 2.45) is 0 Å². The first kappa shape index (κ1) is 23.0. The summed E-state index contributed by atoms with van der Waals surface area (Å²) < 4.78 is 22.3. The minimum absolute atomic E-state index is 0.292. The van der Waals surface area contributed by atoms with Crippen LogP contribution in [0, 0.1) is 6.92 Å². The third-order valence-corrected chi connectivity index (χ3v) is 6.33. The Morgan fingerprint density at radius 1 is 1.00 bits per heavy atom. The number of piperazine rings is 1. The highest BCUT2D eigenvalue weighted by molar-refractivity contribution is 5.89. The van der Waals surface area contributed by atoms with Gasteiger partial charge in [-0.2, -0.15) is 0 Å². The van der Waals surface area contributed by atoms with Gasteiger partial charge in [0.05, 0.1) is 31.9 Å². The predicted octanol–water partition coefficient (Wildman–Crippen LogP) is 3.88. The van der Waals surface area contributed by atoms with Crippen LogP contribution in [0.5, 0.6) is 17.2 Å². The Labute approximate surface area is 194 Å². The smallest absolute Gasteiger partial charge is 0.339 e. The largest absolute Gasteiger partial charge is 0.496 e. The van der Waals surface area contributed by atoms with Crippen molar-refractivity contribution in [2.45, 2.75) is 20.3 Å². The molecule has 0 N–H and O–H groups in total.